The van der Waals surface area contributed by atoms with Crippen molar-refractivity contribution in [3.63, 3.8) is 0 Å². The van der Waals surface area contributed by atoms with Gasteiger partial charge in [-0.3, -0.25) is 4.79 Å². The number of rotatable bonds is 8. The Balaban J connectivity index is 0. The molecule has 0 aliphatic carbocycles. The van der Waals surface area contributed by atoms with Crippen LogP contribution in [0.2, 0.25) is 0 Å². The van der Waals surface area contributed by atoms with Crippen LogP contribution in [0, 0.1) is 5.92 Å². The van der Waals surface area contributed by atoms with Gasteiger partial charge in [0.05, 0.1) is 12.5 Å². The van der Waals surface area contributed by atoms with E-state index in [1.54, 1.807) is 0 Å². The summed E-state index contributed by atoms with van der Waals surface area (Å²) in [6.07, 6.45) is 4.49. The molecule has 0 saturated carbocycles. The average molecular weight is 261 g/mol. The molecule has 0 spiro atoms. The van der Waals surface area contributed by atoms with E-state index in [2.05, 4.69) is 6.92 Å². The Bertz CT molecular complexity index is 181. The first-order valence-electron chi connectivity index (χ1n) is 6.87. The molecular formula is C14H31NO3. The number of carbonyl (C=O) groups excluding carboxylic acids is 1. The third-order valence-electron chi connectivity index (χ3n) is 2.28. The zero-order chi connectivity index (χ0) is 14.4. The van der Waals surface area contributed by atoms with Gasteiger partial charge in [-0.2, -0.15) is 0 Å². The molecule has 0 fully saturated rings. The van der Waals surface area contributed by atoms with E-state index in [-0.39, 0.29) is 18.5 Å². The molecule has 0 aliphatic heterocycles. The summed E-state index contributed by atoms with van der Waals surface area (Å²) in [6.45, 7) is 4.55. The van der Waals surface area contributed by atoms with E-state index < -0.39 is 0 Å². The maximum absolute atomic E-state index is 11.5. The molecule has 110 valence electrons. The predicted octanol–water partition coefficient (Wildman–Crippen LogP) is 2.31. The molecule has 4 heteroatoms. The molecule has 0 aromatic rings. The molecule has 0 aliphatic rings. The van der Waals surface area contributed by atoms with Crippen LogP contribution in [0.25, 0.3) is 0 Å². The Hall–Kier alpha value is -0.610. The minimum absolute atomic E-state index is 0.0497. The normalized spacial score (nSPS) is 11.7. The van der Waals surface area contributed by atoms with Crippen LogP contribution in [-0.4, -0.2) is 50.3 Å². The number of hydrogen-bond acceptors (Lipinski definition) is 4. The Morgan fingerprint density at radius 1 is 1.22 bits per heavy atom. The first-order chi connectivity index (χ1) is 8.49. The van der Waals surface area contributed by atoms with Crippen LogP contribution in [-0.2, 0) is 9.53 Å². The Morgan fingerprint density at radius 2 is 1.78 bits per heavy atom. The number of carbonyl (C=O) groups is 1. The van der Waals surface area contributed by atoms with E-state index in [1.807, 2.05) is 33.0 Å². The van der Waals surface area contributed by atoms with Crippen molar-refractivity contribution in [3.8, 4) is 0 Å². The van der Waals surface area contributed by atoms with E-state index >= 15 is 0 Å². The summed E-state index contributed by atoms with van der Waals surface area (Å²) in [6, 6.07) is 0. The van der Waals surface area contributed by atoms with E-state index in [0.717, 1.165) is 25.7 Å². The molecule has 1 unspecified atom stereocenters. The number of esters is 1. The lowest BCUT2D eigenvalue weighted by molar-refractivity contribution is -0.149. The van der Waals surface area contributed by atoms with Crippen LogP contribution in [0.1, 0.15) is 46.0 Å². The lowest BCUT2D eigenvalue weighted by Crippen LogP contribution is -2.18. The summed E-state index contributed by atoms with van der Waals surface area (Å²) < 4.78 is 5.03. The SMILES string of the molecule is CCCCC(CC)C(=O)OCCCO.CN(C)C. The van der Waals surface area contributed by atoms with E-state index in [9.17, 15) is 4.79 Å². The quantitative estimate of drug-likeness (QED) is 0.538. The van der Waals surface area contributed by atoms with Gasteiger partial charge in [-0.1, -0.05) is 26.7 Å². The first kappa shape index (κ1) is 19.7. The van der Waals surface area contributed by atoms with Gasteiger partial charge in [0, 0.05) is 13.0 Å². The van der Waals surface area contributed by atoms with Crippen LogP contribution in [0.3, 0.4) is 0 Å². The van der Waals surface area contributed by atoms with E-state index in [4.69, 9.17) is 9.84 Å². The van der Waals surface area contributed by atoms with Gasteiger partial charge in [0.15, 0.2) is 0 Å². The maximum Gasteiger partial charge on any atom is 0.308 e. The van der Waals surface area contributed by atoms with Gasteiger partial charge >= 0.3 is 5.97 Å². The van der Waals surface area contributed by atoms with Crippen molar-refractivity contribution < 1.29 is 14.6 Å². The molecule has 1 N–H and O–H groups in total. The van der Waals surface area contributed by atoms with Crippen molar-refractivity contribution in [3.05, 3.63) is 0 Å². The molecule has 0 amide bonds. The second-order valence-corrected chi connectivity index (χ2v) is 4.83. The van der Waals surface area contributed by atoms with Gasteiger partial charge in [-0.05, 0) is 34.0 Å². The number of aliphatic hydroxyl groups is 1. The summed E-state index contributed by atoms with van der Waals surface area (Å²) in [4.78, 5) is 13.5. The Kier molecular flexibility index (Phi) is 15.8. The van der Waals surface area contributed by atoms with Crippen molar-refractivity contribution in [2.24, 2.45) is 5.92 Å². The number of unbranched alkanes of at least 4 members (excludes halogenated alkanes) is 1. The van der Waals surface area contributed by atoms with Crippen molar-refractivity contribution in [2.75, 3.05) is 34.4 Å². The molecule has 0 heterocycles. The third-order valence-corrected chi connectivity index (χ3v) is 2.28. The minimum atomic E-state index is -0.102. The van der Waals surface area contributed by atoms with Crippen LogP contribution >= 0.6 is 0 Å². The summed E-state index contributed by atoms with van der Waals surface area (Å²) in [7, 11) is 6.00. The van der Waals surface area contributed by atoms with Crippen LogP contribution in [0.5, 0.6) is 0 Å². The predicted molar refractivity (Wildman–Crippen MR) is 75.6 cm³/mol. The number of ether oxygens (including phenoxy) is 1. The van der Waals surface area contributed by atoms with E-state index in [0.29, 0.717) is 13.0 Å². The van der Waals surface area contributed by atoms with Crippen LogP contribution < -0.4 is 0 Å². The van der Waals surface area contributed by atoms with Crippen molar-refractivity contribution >= 4 is 5.97 Å². The summed E-state index contributed by atoms with van der Waals surface area (Å²) in [5.41, 5.74) is 0. The molecular weight excluding hydrogens is 230 g/mol. The van der Waals surface area contributed by atoms with Crippen molar-refractivity contribution in [1.82, 2.24) is 4.90 Å². The average Bonchev–Trinajstić information content (AvgIpc) is 2.29. The highest BCUT2D eigenvalue weighted by atomic mass is 16.5. The first-order valence-corrected chi connectivity index (χ1v) is 6.87. The molecule has 0 bridgehead atoms. The van der Waals surface area contributed by atoms with Gasteiger partial charge in [0.2, 0.25) is 0 Å². The fourth-order valence-corrected chi connectivity index (χ4v) is 1.29. The molecule has 0 aromatic heterocycles. The summed E-state index contributed by atoms with van der Waals surface area (Å²) in [5, 5.41) is 8.53. The van der Waals surface area contributed by atoms with Gasteiger partial charge in [0.25, 0.3) is 0 Å². The lowest BCUT2D eigenvalue weighted by atomic mass is 10.00. The Morgan fingerprint density at radius 3 is 2.17 bits per heavy atom. The van der Waals surface area contributed by atoms with Gasteiger partial charge in [-0.25, -0.2) is 0 Å². The molecule has 0 rings (SSSR count). The number of hydrogen-bond donors (Lipinski definition) is 1. The van der Waals surface area contributed by atoms with Crippen molar-refractivity contribution in [1.29, 1.82) is 0 Å². The largest absolute Gasteiger partial charge is 0.465 e. The van der Waals surface area contributed by atoms with Crippen LogP contribution in [0.4, 0.5) is 0 Å². The topological polar surface area (TPSA) is 49.8 Å². The van der Waals surface area contributed by atoms with Gasteiger partial charge in [-0.15, -0.1) is 0 Å². The van der Waals surface area contributed by atoms with Crippen molar-refractivity contribution in [2.45, 2.75) is 46.0 Å². The second kappa shape index (κ2) is 14.5. The molecule has 0 radical (unpaired) electrons. The van der Waals surface area contributed by atoms with Gasteiger partial charge < -0.3 is 14.7 Å². The molecule has 18 heavy (non-hydrogen) atoms. The fourth-order valence-electron chi connectivity index (χ4n) is 1.29. The molecule has 0 saturated heterocycles. The highest BCUT2D eigenvalue weighted by molar-refractivity contribution is 5.72. The highest BCUT2D eigenvalue weighted by Gasteiger charge is 2.16. The third kappa shape index (κ3) is 15.4. The monoisotopic (exact) mass is 261 g/mol. The van der Waals surface area contributed by atoms with Crippen LogP contribution in [0.15, 0.2) is 0 Å². The minimum Gasteiger partial charge on any atom is -0.465 e. The van der Waals surface area contributed by atoms with E-state index in [1.165, 1.54) is 0 Å². The number of aliphatic hydroxyl groups excluding tert-OH is 1. The Labute approximate surface area is 112 Å². The summed E-state index contributed by atoms with van der Waals surface area (Å²) >= 11 is 0. The highest BCUT2D eigenvalue weighted by Crippen LogP contribution is 2.14. The number of nitrogens with zero attached hydrogens (tertiary/aromatic N) is 1. The molecule has 4 nitrogen and oxygen atoms in total. The van der Waals surface area contributed by atoms with Gasteiger partial charge in [0.1, 0.15) is 0 Å². The molecule has 0 aromatic carbocycles. The molecule has 1 atom stereocenters. The second-order valence-electron chi connectivity index (χ2n) is 4.83. The summed E-state index contributed by atoms with van der Waals surface area (Å²) in [5.74, 6) is -0.0527. The maximum atomic E-state index is 11.5. The zero-order valence-electron chi connectivity index (χ0n) is 12.7. The standard InChI is InChI=1S/C11H22O3.C3H9N/c1-3-5-7-10(4-2)11(13)14-9-6-8-12;1-4(2)3/h10,12H,3-9H2,1-2H3;1-3H3. The lowest BCUT2D eigenvalue weighted by Gasteiger charge is -2.13. The zero-order valence-corrected chi connectivity index (χ0v) is 12.7. The smallest absolute Gasteiger partial charge is 0.308 e. The fraction of sp³-hybridized carbons (Fsp3) is 0.929.